The van der Waals surface area contributed by atoms with E-state index in [2.05, 4.69) is 15.7 Å². The minimum absolute atomic E-state index is 0.121. The second-order valence-corrected chi connectivity index (χ2v) is 4.63. The first-order valence-corrected chi connectivity index (χ1v) is 6.16. The van der Waals surface area contributed by atoms with Crippen LogP contribution in [0.5, 0.6) is 5.75 Å². The van der Waals surface area contributed by atoms with Gasteiger partial charge >= 0.3 is 0 Å². The third-order valence-electron chi connectivity index (χ3n) is 2.84. The standard InChI is InChI=1S/C12H16ClN5O/c1-18-7-9(16-17-18)6-11(15-14)10-4-3-8(13)5-12(10)19-2/h3-5,7,11,15H,6,14H2,1-2H3. The lowest BCUT2D eigenvalue weighted by Crippen LogP contribution is -2.30. The summed E-state index contributed by atoms with van der Waals surface area (Å²) >= 11 is 5.95. The van der Waals surface area contributed by atoms with Gasteiger partial charge in [0.15, 0.2) is 0 Å². The molecule has 102 valence electrons. The van der Waals surface area contributed by atoms with E-state index < -0.39 is 0 Å². The first-order valence-electron chi connectivity index (χ1n) is 5.78. The Morgan fingerprint density at radius 3 is 2.89 bits per heavy atom. The van der Waals surface area contributed by atoms with Crippen LogP contribution in [0.4, 0.5) is 0 Å². The molecule has 7 heteroatoms. The number of rotatable bonds is 5. The van der Waals surface area contributed by atoms with Gasteiger partial charge in [-0.25, -0.2) is 0 Å². The van der Waals surface area contributed by atoms with Crippen molar-refractivity contribution in [2.24, 2.45) is 12.9 Å². The summed E-state index contributed by atoms with van der Waals surface area (Å²) in [6, 6.07) is 5.34. The van der Waals surface area contributed by atoms with Crippen molar-refractivity contribution in [3.63, 3.8) is 0 Å². The predicted molar refractivity (Wildman–Crippen MR) is 72.8 cm³/mol. The minimum atomic E-state index is -0.121. The molecule has 3 N–H and O–H groups in total. The molecule has 2 rings (SSSR count). The zero-order valence-corrected chi connectivity index (χ0v) is 11.6. The molecule has 0 saturated carbocycles. The van der Waals surface area contributed by atoms with Gasteiger partial charge in [0.25, 0.3) is 0 Å². The fraction of sp³-hybridized carbons (Fsp3) is 0.333. The van der Waals surface area contributed by atoms with Crippen LogP contribution in [-0.2, 0) is 13.5 Å². The van der Waals surface area contributed by atoms with Crippen LogP contribution in [0.3, 0.4) is 0 Å². The van der Waals surface area contributed by atoms with E-state index in [1.807, 2.05) is 19.3 Å². The highest BCUT2D eigenvalue weighted by molar-refractivity contribution is 6.30. The summed E-state index contributed by atoms with van der Waals surface area (Å²) < 4.78 is 6.99. The number of aromatic nitrogens is 3. The van der Waals surface area contributed by atoms with Gasteiger partial charge in [-0.05, 0) is 12.1 Å². The van der Waals surface area contributed by atoms with Gasteiger partial charge < -0.3 is 4.74 Å². The summed E-state index contributed by atoms with van der Waals surface area (Å²) in [6.45, 7) is 0. The van der Waals surface area contributed by atoms with E-state index >= 15 is 0 Å². The van der Waals surface area contributed by atoms with Crippen LogP contribution >= 0.6 is 11.6 Å². The number of methoxy groups -OCH3 is 1. The zero-order valence-electron chi connectivity index (χ0n) is 10.8. The van der Waals surface area contributed by atoms with Crippen LogP contribution in [0.1, 0.15) is 17.3 Å². The second kappa shape index (κ2) is 6.01. The number of benzene rings is 1. The molecular formula is C12H16ClN5O. The van der Waals surface area contributed by atoms with Gasteiger partial charge in [-0.15, -0.1) is 5.10 Å². The third kappa shape index (κ3) is 3.23. The molecule has 1 heterocycles. The van der Waals surface area contributed by atoms with E-state index in [0.29, 0.717) is 17.2 Å². The molecule has 1 aromatic carbocycles. The number of halogens is 1. The average molecular weight is 282 g/mol. The number of hydrazine groups is 1. The molecule has 0 aliphatic rings. The number of hydrogen-bond donors (Lipinski definition) is 2. The summed E-state index contributed by atoms with van der Waals surface area (Å²) in [5.74, 6) is 6.32. The number of nitrogens with one attached hydrogen (secondary N) is 1. The number of hydrogen-bond acceptors (Lipinski definition) is 5. The molecular weight excluding hydrogens is 266 g/mol. The van der Waals surface area contributed by atoms with Crippen molar-refractivity contribution in [3.8, 4) is 5.75 Å². The number of aryl methyl sites for hydroxylation is 1. The summed E-state index contributed by atoms with van der Waals surface area (Å²) in [7, 11) is 3.43. The van der Waals surface area contributed by atoms with E-state index in [-0.39, 0.29) is 6.04 Å². The van der Waals surface area contributed by atoms with E-state index in [1.54, 1.807) is 23.9 Å². The van der Waals surface area contributed by atoms with Crippen molar-refractivity contribution in [2.75, 3.05) is 7.11 Å². The maximum Gasteiger partial charge on any atom is 0.125 e. The smallest absolute Gasteiger partial charge is 0.125 e. The molecule has 0 spiro atoms. The largest absolute Gasteiger partial charge is 0.496 e. The Labute approximate surface area is 116 Å². The number of nitrogens with zero attached hydrogens (tertiary/aromatic N) is 3. The Kier molecular flexibility index (Phi) is 4.36. The van der Waals surface area contributed by atoms with E-state index in [4.69, 9.17) is 22.2 Å². The van der Waals surface area contributed by atoms with Crippen LogP contribution in [-0.4, -0.2) is 22.1 Å². The molecule has 0 aliphatic heterocycles. The van der Waals surface area contributed by atoms with Crippen molar-refractivity contribution in [1.82, 2.24) is 20.4 Å². The highest BCUT2D eigenvalue weighted by Crippen LogP contribution is 2.29. The molecule has 0 amide bonds. The van der Waals surface area contributed by atoms with Crippen molar-refractivity contribution in [2.45, 2.75) is 12.5 Å². The van der Waals surface area contributed by atoms with Crippen LogP contribution in [0.15, 0.2) is 24.4 Å². The van der Waals surface area contributed by atoms with Gasteiger partial charge in [0.1, 0.15) is 5.75 Å². The molecule has 0 radical (unpaired) electrons. The van der Waals surface area contributed by atoms with Crippen LogP contribution in [0.2, 0.25) is 5.02 Å². The van der Waals surface area contributed by atoms with E-state index in [0.717, 1.165) is 11.3 Å². The van der Waals surface area contributed by atoms with Crippen molar-refractivity contribution < 1.29 is 4.74 Å². The average Bonchev–Trinajstić information content (AvgIpc) is 2.81. The fourth-order valence-electron chi connectivity index (χ4n) is 1.93. The van der Waals surface area contributed by atoms with Gasteiger partial charge in [-0.1, -0.05) is 22.9 Å². The van der Waals surface area contributed by atoms with Crippen molar-refractivity contribution in [3.05, 3.63) is 40.7 Å². The maximum atomic E-state index is 5.95. The summed E-state index contributed by atoms with van der Waals surface area (Å²) in [5, 5.41) is 8.57. The molecule has 0 fully saturated rings. The molecule has 2 aromatic rings. The molecule has 0 aliphatic carbocycles. The predicted octanol–water partition coefficient (Wildman–Crippen LogP) is 1.22. The van der Waals surface area contributed by atoms with Crippen molar-refractivity contribution in [1.29, 1.82) is 0 Å². The zero-order chi connectivity index (χ0) is 13.8. The highest BCUT2D eigenvalue weighted by atomic mass is 35.5. The van der Waals surface area contributed by atoms with Crippen LogP contribution < -0.4 is 16.0 Å². The van der Waals surface area contributed by atoms with Gasteiger partial charge in [0.05, 0.1) is 18.8 Å². The lowest BCUT2D eigenvalue weighted by molar-refractivity contribution is 0.398. The number of nitrogens with two attached hydrogens (primary N) is 1. The highest BCUT2D eigenvalue weighted by Gasteiger charge is 2.17. The Bertz CT molecular complexity index is 557. The van der Waals surface area contributed by atoms with Gasteiger partial charge in [-0.3, -0.25) is 16.0 Å². The molecule has 6 nitrogen and oxygen atoms in total. The quantitative estimate of drug-likeness (QED) is 0.636. The Morgan fingerprint density at radius 2 is 2.32 bits per heavy atom. The third-order valence-corrected chi connectivity index (χ3v) is 3.07. The first kappa shape index (κ1) is 13.8. The SMILES string of the molecule is COc1cc(Cl)ccc1C(Cc1cn(C)nn1)NN. The van der Waals surface area contributed by atoms with Gasteiger partial charge in [0.2, 0.25) is 0 Å². The molecule has 1 unspecified atom stereocenters. The Morgan fingerprint density at radius 1 is 1.53 bits per heavy atom. The molecule has 1 aromatic heterocycles. The Balaban J connectivity index is 2.26. The Hall–Kier alpha value is -1.63. The van der Waals surface area contributed by atoms with Gasteiger partial charge in [-0.2, -0.15) is 0 Å². The molecule has 19 heavy (non-hydrogen) atoms. The van der Waals surface area contributed by atoms with Crippen LogP contribution in [0.25, 0.3) is 0 Å². The topological polar surface area (TPSA) is 78.0 Å². The molecule has 0 saturated heterocycles. The second-order valence-electron chi connectivity index (χ2n) is 4.19. The first-order chi connectivity index (χ1) is 9.13. The lowest BCUT2D eigenvalue weighted by atomic mass is 10.0. The summed E-state index contributed by atoms with van der Waals surface area (Å²) in [4.78, 5) is 0. The minimum Gasteiger partial charge on any atom is -0.496 e. The van der Waals surface area contributed by atoms with Crippen molar-refractivity contribution >= 4 is 11.6 Å². The molecule has 0 bridgehead atoms. The van der Waals surface area contributed by atoms with Gasteiger partial charge in [0, 0.05) is 30.3 Å². The maximum absolute atomic E-state index is 5.95. The van der Waals surface area contributed by atoms with E-state index in [9.17, 15) is 0 Å². The summed E-state index contributed by atoms with van der Waals surface area (Å²) in [6.07, 6.45) is 2.47. The fourth-order valence-corrected chi connectivity index (χ4v) is 2.09. The summed E-state index contributed by atoms with van der Waals surface area (Å²) in [5.41, 5.74) is 4.55. The lowest BCUT2D eigenvalue weighted by Gasteiger charge is -2.18. The monoisotopic (exact) mass is 281 g/mol. The number of ether oxygens (including phenoxy) is 1. The normalized spacial score (nSPS) is 12.4. The molecule has 1 atom stereocenters. The van der Waals surface area contributed by atoms with E-state index in [1.165, 1.54) is 0 Å². The van der Waals surface area contributed by atoms with Crippen LogP contribution in [0, 0.1) is 0 Å².